The van der Waals surface area contributed by atoms with Gasteiger partial charge in [0.25, 0.3) is 0 Å². The largest absolute Gasteiger partial charge is 0.459 e. The molecule has 0 aliphatic carbocycles. The fourth-order valence-corrected chi connectivity index (χ4v) is 2.57. The maximum Gasteiger partial charge on any atom is 0.416 e. The number of nitrogen functional groups attached to an aromatic ring is 1. The summed E-state index contributed by atoms with van der Waals surface area (Å²) in [7, 11) is 0. The first-order valence-electron chi connectivity index (χ1n) is 5.79. The standard InChI is InChI=1S/C13H11F3N2O2S/c14-13(15,16)9-2-1-3-10(6-9)21-7-8-4-5-20-11(8)12(19)18-17/h1-6H,7,17H2,(H,18,19). The Labute approximate surface area is 122 Å². The molecule has 0 aliphatic heterocycles. The predicted octanol–water partition coefficient (Wildman–Crippen LogP) is 3.19. The van der Waals surface area contributed by atoms with Crippen LogP contribution in [0.4, 0.5) is 13.2 Å². The number of carbonyl (C=O) groups excluding carboxylic acids is 1. The third-order valence-corrected chi connectivity index (χ3v) is 3.68. The topological polar surface area (TPSA) is 68.3 Å². The van der Waals surface area contributed by atoms with Crippen LogP contribution >= 0.6 is 11.8 Å². The number of furan rings is 1. The summed E-state index contributed by atoms with van der Waals surface area (Å²) in [6, 6.07) is 6.56. The zero-order valence-corrected chi connectivity index (χ0v) is 11.4. The SMILES string of the molecule is NNC(=O)c1occc1CSc1cccc(C(F)(F)F)c1. The molecule has 8 heteroatoms. The van der Waals surface area contributed by atoms with Crippen LogP contribution in [0.3, 0.4) is 0 Å². The second-order valence-electron chi connectivity index (χ2n) is 4.06. The lowest BCUT2D eigenvalue weighted by Gasteiger charge is -2.08. The molecule has 2 rings (SSSR count). The lowest BCUT2D eigenvalue weighted by atomic mass is 10.2. The quantitative estimate of drug-likeness (QED) is 0.393. The number of nitrogens with one attached hydrogen (secondary N) is 1. The van der Waals surface area contributed by atoms with Gasteiger partial charge < -0.3 is 4.42 Å². The highest BCUT2D eigenvalue weighted by Crippen LogP contribution is 2.33. The van der Waals surface area contributed by atoms with E-state index < -0.39 is 17.6 Å². The van der Waals surface area contributed by atoms with Crippen LogP contribution in [0.15, 0.2) is 45.9 Å². The maximum atomic E-state index is 12.6. The summed E-state index contributed by atoms with van der Waals surface area (Å²) in [5, 5.41) is 0. The van der Waals surface area contributed by atoms with E-state index >= 15 is 0 Å². The third kappa shape index (κ3) is 3.79. The van der Waals surface area contributed by atoms with Crippen molar-refractivity contribution in [2.75, 3.05) is 0 Å². The van der Waals surface area contributed by atoms with Gasteiger partial charge >= 0.3 is 12.1 Å². The molecule has 0 spiro atoms. The van der Waals surface area contributed by atoms with Crippen molar-refractivity contribution in [2.24, 2.45) is 5.84 Å². The van der Waals surface area contributed by atoms with Gasteiger partial charge in [-0.3, -0.25) is 10.2 Å². The van der Waals surface area contributed by atoms with Gasteiger partial charge in [0.05, 0.1) is 11.8 Å². The van der Waals surface area contributed by atoms with Crippen LogP contribution in [0, 0.1) is 0 Å². The number of rotatable bonds is 4. The Hall–Kier alpha value is -1.93. The number of carbonyl (C=O) groups is 1. The molecule has 1 amide bonds. The van der Waals surface area contributed by atoms with Crippen LogP contribution in [-0.2, 0) is 11.9 Å². The molecule has 0 saturated carbocycles. The molecule has 0 aliphatic rings. The van der Waals surface area contributed by atoms with Crippen LogP contribution in [0.25, 0.3) is 0 Å². The van der Waals surface area contributed by atoms with Gasteiger partial charge in [0.2, 0.25) is 0 Å². The number of thioether (sulfide) groups is 1. The Balaban J connectivity index is 2.11. The number of amides is 1. The van der Waals surface area contributed by atoms with Gasteiger partial charge in [-0.05, 0) is 24.3 Å². The van der Waals surface area contributed by atoms with Crippen molar-refractivity contribution in [3.63, 3.8) is 0 Å². The minimum Gasteiger partial charge on any atom is -0.459 e. The normalized spacial score (nSPS) is 11.4. The van der Waals surface area contributed by atoms with Gasteiger partial charge in [-0.1, -0.05) is 6.07 Å². The minimum absolute atomic E-state index is 0.0528. The highest BCUT2D eigenvalue weighted by molar-refractivity contribution is 7.98. The van der Waals surface area contributed by atoms with Crippen molar-refractivity contribution in [3.8, 4) is 0 Å². The van der Waals surface area contributed by atoms with E-state index in [2.05, 4.69) is 0 Å². The smallest absolute Gasteiger partial charge is 0.416 e. The van der Waals surface area contributed by atoms with Crippen molar-refractivity contribution in [3.05, 3.63) is 53.5 Å². The zero-order valence-electron chi connectivity index (χ0n) is 10.6. The van der Waals surface area contributed by atoms with Crippen molar-refractivity contribution < 1.29 is 22.4 Å². The van der Waals surface area contributed by atoms with Gasteiger partial charge in [-0.2, -0.15) is 13.2 Å². The molecule has 1 heterocycles. The molecule has 21 heavy (non-hydrogen) atoms. The van der Waals surface area contributed by atoms with Crippen molar-refractivity contribution in [1.82, 2.24) is 5.43 Å². The van der Waals surface area contributed by atoms with E-state index in [9.17, 15) is 18.0 Å². The molecule has 0 saturated heterocycles. The predicted molar refractivity (Wildman–Crippen MR) is 71.4 cm³/mol. The van der Waals surface area contributed by atoms with Crippen LogP contribution in [0.2, 0.25) is 0 Å². The lowest BCUT2D eigenvalue weighted by molar-refractivity contribution is -0.137. The van der Waals surface area contributed by atoms with E-state index in [4.69, 9.17) is 10.3 Å². The molecule has 1 aromatic carbocycles. The second-order valence-corrected chi connectivity index (χ2v) is 5.11. The number of hydrazine groups is 1. The molecule has 0 unspecified atom stereocenters. The van der Waals surface area contributed by atoms with Gasteiger partial charge in [0.1, 0.15) is 0 Å². The van der Waals surface area contributed by atoms with Crippen molar-refractivity contribution in [2.45, 2.75) is 16.8 Å². The molecule has 2 aromatic rings. The van der Waals surface area contributed by atoms with E-state index in [1.807, 2.05) is 5.43 Å². The van der Waals surface area contributed by atoms with E-state index in [1.165, 1.54) is 24.1 Å². The van der Waals surface area contributed by atoms with Gasteiger partial charge in [-0.15, -0.1) is 11.8 Å². The Morgan fingerprint density at radius 3 is 2.76 bits per heavy atom. The minimum atomic E-state index is -4.38. The maximum absolute atomic E-state index is 12.6. The summed E-state index contributed by atoms with van der Waals surface area (Å²) in [6.07, 6.45) is -3.05. The average molecular weight is 316 g/mol. The van der Waals surface area contributed by atoms with Crippen molar-refractivity contribution in [1.29, 1.82) is 0 Å². The number of nitrogens with two attached hydrogens (primary N) is 1. The molecule has 0 fully saturated rings. The first kappa shape index (κ1) is 15.5. The Bertz CT molecular complexity index is 640. The van der Waals surface area contributed by atoms with Gasteiger partial charge in [0.15, 0.2) is 5.76 Å². The van der Waals surface area contributed by atoms with Gasteiger partial charge in [0, 0.05) is 16.2 Å². The Morgan fingerprint density at radius 1 is 1.33 bits per heavy atom. The molecule has 4 nitrogen and oxygen atoms in total. The number of alkyl halides is 3. The summed E-state index contributed by atoms with van der Waals surface area (Å²) < 4.78 is 42.8. The fraction of sp³-hybridized carbons (Fsp3) is 0.154. The number of halogens is 3. The van der Waals surface area contributed by atoms with Gasteiger partial charge in [-0.25, -0.2) is 5.84 Å². The first-order valence-corrected chi connectivity index (χ1v) is 6.77. The third-order valence-electron chi connectivity index (χ3n) is 2.64. The monoisotopic (exact) mass is 316 g/mol. The van der Waals surface area contributed by atoms with E-state index in [-0.39, 0.29) is 5.76 Å². The van der Waals surface area contributed by atoms with E-state index in [0.29, 0.717) is 16.2 Å². The second kappa shape index (κ2) is 6.23. The molecular weight excluding hydrogens is 305 g/mol. The number of hydrogen-bond acceptors (Lipinski definition) is 4. The molecular formula is C13H11F3N2O2S. The summed E-state index contributed by atoms with van der Waals surface area (Å²) in [4.78, 5) is 11.9. The average Bonchev–Trinajstić information content (AvgIpc) is 2.92. The first-order chi connectivity index (χ1) is 9.91. The van der Waals surface area contributed by atoms with Crippen LogP contribution in [0.1, 0.15) is 21.7 Å². The molecule has 1 aromatic heterocycles. The van der Waals surface area contributed by atoms with Crippen LogP contribution in [0.5, 0.6) is 0 Å². The highest BCUT2D eigenvalue weighted by Gasteiger charge is 2.30. The molecule has 112 valence electrons. The lowest BCUT2D eigenvalue weighted by Crippen LogP contribution is -2.30. The van der Waals surface area contributed by atoms with Crippen LogP contribution in [-0.4, -0.2) is 5.91 Å². The molecule has 0 atom stereocenters. The van der Waals surface area contributed by atoms with Crippen molar-refractivity contribution >= 4 is 17.7 Å². The Kier molecular flexibility index (Phi) is 4.59. The van der Waals surface area contributed by atoms with Crippen LogP contribution < -0.4 is 11.3 Å². The Morgan fingerprint density at radius 2 is 2.10 bits per heavy atom. The summed E-state index contributed by atoms with van der Waals surface area (Å²) in [6.45, 7) is 0. The summed E-state index contributed by atoms with van der Waals surface area (Å²) in [5.74, 6) is 4.78. The number of benzene rings is 1. The van der Waals surface area contributed by atoms with E-state index in [0.717, 1.165) is 12.1 Å². The summed E-state index contributed by atoms with van der Waals surface area (Å²) in [5.41, 5.74) is 1.79. The number of hydrogen-bond donors (Lipinski definition) is 2. The fourth-order valence-electron chi connectivity index (χ4n) is 1.64. The zero-order chi connectivity index (χ0) is 15.5. The summed E-state index contributed by atoms with van der Waals surface area (Å²) >= 11 is 1.17. The molecule has 3 N–H and O–H groups in total. The highest BCUT2D eigenvalue weighted by atomic mass is 32.2. The molecule has 0 radical (unpaired) electrons. The van der Waals surface area contributed by atoms with E-state index in [1.54, 1.807) is 12.1 Å². The molecule has 0 bridgehead atoms.